The molecule has 0 aromatic heterocycles. The van der Waals surface area contributed by atoms with Crippen molar-refractivity contribution in [2.24, 2.45) is 11.3 Å². The van der Waals surface area contributed by atoms with Gasteiger partial charge in [0, 0.05) is 11.3 Å². The monoisotopic (exact) mass is 388 g/mol. The van der Waals surface area contributed by atoms with E-state index < -0.39 is 26.7 Å². The summed E-state index contributed by atoms with van der Waals surface area (Å²) in [6.07, 6.45) is 10.9. The summed E-state index contributed by atoms with van der Waals surface area (Å²) in [5.41, 5.74) is -0.476. The van der Waals surface area contributed by atoms with E-state index in [9.17, 15) is 13.2 Å². The molecule has 144 valence electrons. The van der Waals surface area contributed by atoms with Gasteiger partial charge in [-0.3, -0.25) is 0 Å². The fraction of sp³-hybridized carbons (Fsp3) is 0.381. The predicted octanol–water partition coefficient (Wildman–Crippen LogP) is 4.43. The summed E-state index contributed by atoms with van der Waals surface area (Å²) >= 11 is 0. The van der Waals surface area contributed by atoms with E-state index in [0.717, 1.165) is 12.8 Å². The van der Waals surface area contributed by atoms with Gasteiger partial charge in [0.25, 0.3) is 0 Å². The van der Waals surface area contributed by atoms with Crippen LogP contribution in [0.2, 0.25) is 0 Å². The lowest BCUT2D eigenvalue weighted by Gasteiger charge is -2.39. The van der Waals surface area contributed by atoms with Crippen LogP contribution in [0.25, 0.3) is 0 Å². The number of ether oxygens (including phenoxy) is 2. The lowest BCUT2D eigenvalue weighted by atomic mass is 9.70. The Morgan fingerprint density at radius 1 is 1.19 bits per heavy atom. The summed E-state index contributed by atoms with van der Waals surface area (Å²) in [6.45, 7) is 2.01. The molecule has 0 saturated heterocycles. The van der Waals surface area contributed by atoms with Crippen molar-refractivity contribution < 1.29 is 22.7 Å². The van der Waals surface area contributed by atoms with Gasteiger partial charge in [-0.15, -0.1) is 0 Å². The summed E-state index contributed by atoms with van der Waals surface area (Å²) in [6, 6.07) is 8.54. The smallest absolute Gasteiger partial charge is 0.437 e. The molecular formula is C21H24O5S. The summed E-state index contributed by atoms with van der Waals surface area (Å²) in [5.74, 6) is -0.0459. The van der Waals surface area contributed by atoms with Gasteiger partial charge >= 0.3 is 6.16 Å². The van der Waals surface area contributed by atoms with Crippen LogP contribution in [0.3, 0.4) is 0 Å². The SMILES string of the molecule is COC(=O)OC1=C[C@@H]2[C@H](S(=O)(=O)c3ccccc3)CCC/C=C\[C@]2(C)C=C1. The molecule has 0 unspecified atom stereocenters. The zero-order valence-electron chi connectivity index (χ0n) is 15.5. The maximum Gasteiger partial charge on any atom is 0.513 e. The number of fused-ring (bicyclic) bond motifs is 1. The van der Waals surface area contributed by atoms with E-state index in [1.54, 1.807) is 42.5 Å². The van der Waals surface area contributed by atoms with Gasteiger partial charge in [-0.1, -0.05) is 43.4 Å². The van der Waals surface area contributed by atoms with Gasteiger partial charge in [0.1, 0.15) is 5.76 Å². The number of rotatable bonds is 3. The van der Waals surface area contributed by atoms with Gasteiger partial charge < -0.3 is 9.47 Å². The molecule has 0 N–H and O–H groups in total. The average molecular weight is 388 g/mol. The van der Waals surface area contributed by atoms with Crippen molar-refractivity contribution in [2.75, 3.05) is 7.11 Å². The topological polar surface area (TPSA) is 69.7 Å². The molecule has 0 heterocycles. The highest BCUT2D eigenvalue weighted by Gasteiger charge is 2.43. The highest BCUT2D eigenvalue weighted by Crippen LogP contribution is 2.44. The van der Waals surface area contributed by atoms with Crippen molar-refractivity contribution in [1.82, 2.24) is 0 Å². The third-order valence-corrected chi connectivity index (χ3v) is 7.50. The Kier molecular flexibility index (Phi) is 5.56. The summed E-state index contributed by atoms with van der Waals surface area (Å²) in [4.78, 5) is 11.8. The van der Waals surface area contributed by atoms with E-state index in [-0.39, 0.29) is 5.92 Å². The van der Waals surface area contributed by atoms with Crippen LogP contribution in [-0.4, -0.2) is 26.9 Å². The third-order valence-electron chi connectivity index (χ3n) is 5.24. The van der Waals surface area contributed by atoms with Crippen LogP contribution in [-0.2, 0) is 19.3 Å². The van der Waals surface area contributed by atoms with E-state index in [4.69, 9.17) is 4.74 Å². The normalized spacial score (nSPS) is 28.9. The standard InChI is InChI=1S/C21H24O5S/c1-21-13-8-4-7-11-19(27(23,24)17-9-5-3-6-10-17)18(21)15-16(12-14-21)26-20(22)25-2/h3,5-6,8-10,12-15,18-19H,4,7,11H2,1-2H3/b13-8-/t18-,19-,21-/m1/s1. The maximum atomic E-state index is 13.4. The fourth-order valence-electron chi connectivity index (χ4n) is 3.75. The van der Waals surface area contributed by atoms with Gasteiger partial charge in [0.05, 0.1) is 17.3 Å². The Bertz CT molecular complexity index is 882. The van der Waals surface area contributed by atoms with Crippen LogP contribution < -0.4 is 0 Å². The number of sulfone groups is 1. The predicted molar refractivity (Wildman–Crippen MR) is 103 cm³/mol. The number of allylic oxidation sites excluding steroid dienone is 5. The number of hydrogen-bond acceptors (Lipinski definition) is 5. The Balaban J connectivity index is 2.05. The number of carbonyl (C=O) groups is 1. The van der Waals surface area contributed by atoms with Crippen molar-refractivity contribution in [3.8, 4) is 0 Å². The molecule has 3 rings (SSSR count). The Morgan fingerprint density at radius 2 is 1.93 bits per heavy atom. The van der Waals surface area contributed by atoms with Crippen LogP contribution in [0.1, 0.15) is 26.2 Å². The first-order valence-electron chi connectivity index (χ1n) is 9.00. The van der Waals surface area contributed by atoms with Crippen molar-refractivity contribution in [2.45, 2.75) is 36.3 Å². The van der Waals surface area contributed by atoms with Crippen LogP contribution in [0.15, 0.2) is 71.4 Å². The van der Waals surface area contributed by atoms with Crippen molar-refractivity contribution >= 4 is 16.0 Å². The molecule has 1 aromatic carbocycles. The van der Waals surface area contributed by atoms with Crippen molar-refractivity contribution in [3.05, 3.63) is 66.5 Å². The maximum absolute atomic E-state index is 13.4. The molecule has 0 amide bonds. The Hall–Kier alpha value is -2.34. The minimum atomic E-state index is -3.55. The van der Waals surface area contributed by atoms with E-state index >= 15 is 0 Å². The quantitative estimate of drug-likeness (QED) is 0.566. The largest absolute Gasteiger partial charge is 0.513 e. The molecule has 0 radical (unpaired) electrons. The molecule has 5 nitrogen and oxygen atoms in total. The second-order valence-electron chi connectivity index (χ2n) is 7.08. The molecule has 3 atom stereocenters. The first kappa shape index (κ1) is 19.4. The molecule has 0 spiro atoms. The van der Waals surface area contributed by atoms with E-state index in [2.05, 4.69) is 16.9 Å². The van der Waals surface area contributed by atoms with E-state index in [1.807, 2.05) is 13.0 Å². The number of methoxy groups -OCH3 is 1. The summed E-state index contributed by atoms with van der Waals surface area (Å²) in [7, 11) is -2.31. The fourth-order valence-corrected chi connectivity index (χ4v) is 5.87. The zero-order chi connectivity index (χ0) is 19.5. The summed E-state index contributed by atoms with van der Waals surface area (Å²) < 4.78 is 36.6. The van der Waals surface area contributed by atoms with Gasteiger partial charge in [0.2, 0.25) is 0 Å². The molecule has 0 aliphatic heterocycles. The average Bonchev–Trinajstić information content (AvgIpc) is 2.65. The molecule has 27 heavy (non-hydrogen) atoms. The van der Waals surface area contributed by atoms with Crippen LogP contribution in [0.5, 0.6) is 0 Å². The first-order valence-corrected chi connectivity index (χ1v) is 10.5. The van der Waals surface area contributed by atoms with Gasteiger partial charge in [-0.25, -0.2) is 13.2 Å². The highest BCUT2D eigenvalue weighted by molar-refractivity contribution is 7.92. The molecule has 0 saturated carbocycles. The third kappa shape index (κ3) is 4.00. The molecule has 0 fully saturated rings. The Labute approximate surface area is 160 Å². The minimum absolute atomic E-state index is 0.312. The van der Waals surface area contributed by atoms with E-state index in [1.165, 1.54) is 7.11 Å². The van der Waals surface area contributed by atoms with Gasteiger partial charge in [-0.05, 0) is 43.5 Å². The minimum Gasteiger partial charge on any atom is -0.437 e. The summed E-state index contributed by atoms with van der Waals surface area (Å²) in [5, 5.41) is -0.615. The van der Waals surface area contributed by atoms with Crippen LogP contribution in [0.4, 0.5) is 4.79 Å². The molecule has 1 aromatic rings. The van der Waals surface area contributed by atoms with Crippen molar-refractivity contribution in [1.29, 1.82) is 0 Å². The van der Waals surface area contributed by atoms with E-state index in [0.29, 0.717) is 17.1 Å². The van der Waals surface area contributed by atoms with Crippen LogP contribution in [0, 0.1) is 11.3 Å². The second-order valence-corrected chi connectivity index (χ2v) is 9.25. The van der Waals surface area contributed by atoms with Gasteiger partial charge in [-0.2, -0.15) is 0 Å². The lowest BCUT2D eigenvalue weighted by molar-refractivity contribution is 0.0982. The molecule has 6 heteroatoms. The molecule has 2 aliphatic carbocycles. The van der Waals surface area contributed by atoms with Crippen LogP contribution >= 0.6 is 0 Å². The molecular weight excluding hydrogens is 364 g/mol. The molecule has 2 aliphatic rings. The Morgan fingerprint density at radius 3 is 2.63 bits per heavy atom. The number of benzene rings is 1. The number of carbonyl (C=O) groups excluding carboxylic acids is 1. The van der Waals surface area contributed by atoms with Crippen molar-refractivity contribution in [3.63, 3.8) is 0 Å². The lowest BCUT2D eigenvalue weighted by Crippen LogP contribution is -2.40. The van der Waals surface area contributed by atoms with Gasteiger partial charge in [0.15, 0.2) is 9.84 Å². The zero-order valence-corrected chi connectivity index (χ0v) is 16.3. The second kappa shape index (κ2) is 7.72. The first-order chi connectivity index (χ1) is 12.9. The number of hydrogen-bond donors (Lipinski definition) is 0. The highest BCUT2D eigenvalue weighted by atomic mass is 32.2. The molecule has 0 bridgehead atoms.